The highest BCUT2D eigenvalue weighted by Gasteiger charge is 2.15. The van der Waals surface area contributed by atoms with Crippen molar-refractivity contribution in [2.75, 3.05) is 13.1 Å². The number of rotatable bonds is 8. The molecule has 0 spiro atoms. The zero-order chi connectivity index (χ0) is 20.1. The number of carbonyl (C=O) groups is 1. The van der Waals surface area contributed by atoms with E-state index in [4.69, 9.17) is 21.8 Å². The average molecular weight is 399 g/mol. The first-order chi connectivity index (χ1) is 13.6. The second kappa shape index (κ2) is 9.26. The van der Waals surface area contributed by atoms with E-state index in [1.807, 2.05) is 47.4 Å². The number of hydrogen-bond donors (Lipinski definition) is 1. The fourth-order valence-electron chi connectivity index (χ4n) is 3.35. The minimum Gasteiger partial charge on any atom is -0.458 e. The van der Waals surface area contributed by atoms with Crippen molar-refractivity contribution < 1.29 is 9.21 Å². The molecule has 0 radical (unpaired) electrons. The summed E-state index contributed by atoms with van der Waals surface area (Å²) in [5.74, 6) is 0.802. The molecule has 1 amide bonds. The number of fused-ring (bicyclic) bond motifs is 1. The second-order valence-electron chi connectivity index (χ2n) is 7.02. The van der Waals surface area contributed by atoms with Crippen LogP contribution in [0.15, 0.2) is 46.9 Å². The van der Waals surface area contributed by atoms with E-state index in [2.05, 4.69) is 13.8 Å². The third kappa shape index (κ3) is 4.40. The van der Waals surface area contributed by atoms with E-state index in [0.29, 0.717) is 28.5 Å². The van der Waals surface area contributed by atoms with E-state index in [9.17, 15) is 4.79 Å². The van der Waals surface area contributed by atoms with Crippen LogP contribution in [-0.2, 0) is 6.54 Å². The first-order valence-corrected chi connectivity index (χ1v) is 10.3. The molecule has 1 heterocycles. The van der Waals surface area contributed by atoms with Gasteiger partial charge in [0.05, 0.1) is 11.6 Å². The van der Waals surface area contributed by atoms with E-state index >= 15 is 0 Å². The monoisotopic (exact) mass is 398 g/mol. The number of furan rings is 1. The van der Waals surface area contributed by atoms with Gasteiger partial charge in [0.1, 0.15) is 5.76 Å². The lowest BCUT2D eigenvalue weighted by Gasteiger charge is -2.22. The molecule has 2 aromatic carbocycles. The molecule has 148 valence electrons. The molecule has 0 unspecified atom stereocenters. The number of unbranched alkanes of at least 4 members (excludes halogenated alkanes) is 1. The maximum atomic E-state index is 12.8. The quantitative estimate of drug-likeness (QED) is 0.516. The molecule has 3 rings (SSSR count). The van der Waals surface area contributed by atoms with Crippen LogP contribution in [0, 0.1) is 0 Å². The fourth-order valence-corrected chi connectivity index (χ4v) is 3.62. The van der Waals surface area contributed by atoms with E-state index < -0.39 is 0 Å². The number of hydrogen-bond acceptors (Lipinski definition) is 3. The fraction of sp³-hybridized carbons (Fsp3) is 0.348. The molecule has 0 saturated heterocycles. The normalized spacial score (nSPS) is 11.1. The third-order valence-electron chi connectivity index (χ3n) is 4.85. The Morgan fingerprint density at radius 3 is 2.43 bits per heavy atom. The smallest absolute Gasteiger partial charge is 0.253 e. The van der Waals surface area contributed by atoms with E-state index in [0.717, 1.165) is 48.9 Å². The standard InChI is InChI=1S/C23H27ClN2O2/c1-3-5-11-26(10-4-2)23(27)17-8-6-16(7-9-17)18-12-19-13-20(15-25)28-22(19)21(24)14-18/h6-9,12-14H,3-5,10-11,15,25H2,1-2H3. The van der Waals surface area contributed by atoms with E-state index in [1.54, 1.807) is 0 Å². The van der Waals surface area contributed by atoms with Crippen LogP contribution in [0.2, 0.25) is 5.02 Å². The van der Waals surface area contributed by atoms with Gasteiger partial charge in [0, 0.05) is 24.0 Å². The van der Waals surface area contributed by atoms with Gasteiger partial charge in [0.25, 0.3) is 5.91 Å². The van der Waals surface area contributed by atoms with Crippen molar-refractivity contribution in [2.24, 2.45) is 5.73 Å². The first kappa shape index (κ1) is 20.4. The minimum absolute atomic E-state index is 0.0951. The van der Waals surface area contributed by atoms with Gasteiger partial charge in [-0.05, 0) is 54.3 Å². The van der Waals surface area contributed by atoms with Crippen LogP contribution in [0.4, 0.5) is 0 Å². The Morgan fingerprint density at radius 1 is 1.04 bits per heavy atom. The van der Waals surface area contributed by atoms with Gasteiger partial charge < -0.3 is 15.1 Å². The summed E-state index contributed by atoms with van der Waals surface area (Å²) in [6.45, 7) is 6.17. The summed E-state index contributed by atoms with van der Waals surface area (Å²) in [4.78, 5) is 14.8. The Bertz CT molecular complexity index is 947. The topological polar surface area (TPSA) is 59.5 Å². The third-order valence-corrected chi connectivity index (χ3v) is 5.13. The lowest BCUT2D eigenvalue weighted by Crippen LogP contribution is -2.32. The number of halogens is 1. The predicted octanol–water partition coefficient (Wildman–Crippen LogP) is 5.86. The van der Waals surface area contributed by atoms with Crippen LogP contribution >= 0.6 is 11.6 Å². The molecule has 1 aromatic heterocycles. The highest BCUT2D eigenvalue weighted by atomic mass is 35.5. The lowest BCUT2D eigenvalue weighted by molar-refractivity contribution is 0.0753. The summed E-state index contributed by atoms with van der Waals surface area (Å²) in [7, 11) is 0. The average Bonchev–Trinajstić information content (AvgIpc) is 3.15. The van der Waals surface area contributed by atoms with E-state index in [1.165, 1.54) is 0 Å². The summed E-state index contributed by atoms with van der Waals surface area (Å²) in [5.41, 5.74) is 9.02. The molecule has 4 nitrogen and oxygen atoms in total. The number of benzene rings is 2. The van der Waals surface area contributed by atoms with Crippen LogP contribution in [0.3, 0.4) is 0 Å². The van der Waals surface area contributed by atoms with Gasteiger partial charge in [-0.2, -0.15) is 0 Å². The molecule has 28 heavy (non-hydrogen) atoms. The first-order valence-electron chi connectivity index (χ1n) is 9.89. The Morgan fingerprint density at radius 2 is 1.79 bits per heavy atom. The summed E-state index contributed by atoms with van der Waals surface area (Å²) in [6, 6.07) is 13.6. The highest BCUT2D eigenvalue weighted by molar-refractivity contribution is 6.35. The van der Waals surface area contributed by atoms with Crippen LogP contribution in [0.5, 0.6) is 0 Å². The van der Waals surface area contributed by atoms with Crippen molar-refractivity contribution >= 4 is 28.5 Å². The molecular formula is C23H27ClN2O2. The molecule has 0 aliphatic rings. The molecule has 0 bridgehead atoms. The summed E-state index contributed by atoms with van der Waals surface area (Å²) >= 11 is 6.39. The van der Waals surface area contributed by atoms with Crippen molar-refractivity contribution in [2.45, 2.75) is 39.7 Å². The zero-order valence-corrected chi connectivity index (χ0v) is 17.3. The van der Waals surface area contributed by atoms with Gasteiger partial charge in [-0.15, -0.1) is 0 Å². The molecule has 0 fully saturated rings. The highest BCUT2D eigenvalue weighted by Crippen LogP contribution is 2.33. The summed E-state index contributed by atoms with van der Waals surface area (Å²) in [6.07, 6.45) is 3.06. The van der Waals surface area contributed by atoms with Crippen LogP contribution in [-0.4, -0.2) is 23.9 Å². The molecular weight excluding hydrogens is 372 g/mol. The van der Waals surface area contributed by atoms with Crippen LogP contribution < -0.4 is 5.73 Å². The van der Waals surface area contributed by atoms with Gasteiger partial charge in [0.2, 0.25) is 0 Å². The Labute approximate surface area is 171 Å². The molecule has 0 aliphatic heterocycles. The van der Waals surface area contributed by atoms with Crippen molar-refractivity contribution in [3.05, 3.63) is 58.8 Å². The number of amides is 1. The van der Waals surface area contributed by atoms with Gasteiger partial charge in [-0.3, -0.25) is 4.79 Å². The lowest BCUT2D eigenvalue weighted by atomic mass is 10.0. The van der Waals surface area contributed by atoms with E-state index in [-0.39, 0.29) is 5.91 Å². The van der Waals surface area contributed by atoms with Gasteiger partial charge in [0.15, 0.2) is 5.58 Å². The van der Waals surface area contributed by atoms with Gasteiger partial charge >= 0.3 is 0 Å². The Kier molecular flexibility index (Phi) is 6.76. The maximum Gasteiger partial charge on any atom is 0.253 e. The molecule has 3 aromatic rings. The van der Waals surface area contributed by atoms with Crippen molar-refractivity contribution in [1.29, 1.82) is 0 Å². The van der Waals surface area contributed by atoms with Crippen molar-refractivity contribution in [3.8, 4) is 11.1 Å². The van der Waals surface area contributed by atoms with Crippen molar-refractivity contribution in [1.82, 2.24) is 4.90 Å². The zero-order valence-electron chi connectivity index (χ0n) is 16.5. The number of nitrogens with two attached hydrogens (primary N) is 1. The summed E-state index contributed by atoms with van der Waals surface area (Å²) < 4.78 is 5.66. The number of carbonyl (C=O) groups excluding carboxylic acids is 1. The Balaban J connectivity index is 1.85. The summed E-state index contributed by atoms with van der Waals surface area (Å²) in [5, 5.41) is 1.48. The van der Waals surface area contributed by atoms with Gasteiger partial charge in [-0.1, -0.05) is 44.0 Å². The predicted molar refractivity (Wildman–Crippen MR) is 116 cm³/mol. The Hall–Kier alpha value is -2.30. The largest absolute Gasteiger partial charge is 0.458 e. The SMILES string of the molecule is CCCCN(CCC)C(=O)c1ccc(-c2cc(Cl)c3oc(CN)cc3c2)cc1. The molecule has 0 aliphatic carbocycles. The molecule has 0 atom stereocenters. The number of nitrogens with zero attached hydrogens (tertiary/aromatic N) is 1. The molecule has 2 N–H and O–H groups in total. The minimum atomic E-state index is 0.0951. The van der Waals surface area contributed by atoms with Gasteiger partial charge in [-0.25, -0.2) is 0 Å². The van der Waals surface area contributed by atoms with Crippen LogP contribution in [0.25, 0.3) is 22.1 Å². The van der Waals surface area contributed by atoms with Crippen molar-refractivity contribution in [3.63, 3.8) is 0 Å². The second-order valence-corrected chi connectivity index (χ2v) is 7.42. The molecule has 0 saturated carbocycles. The molecule has 5 heteroatoms. The van der Waals surface area contributed by atoms with Crippen LogP contribution in [0.1, 0.15) is 49.2 Å². The maximum absolute atomic E-state index is 12.8.